The molecule has 0 spiro atoms. The Morgan fingerprint density at radius 3 is 1.78 bits per heavy atom. The second-order valence-corrected chi connectivity index (χ2v) is 3.49. The van der Waals surface area contributed by atoms with Gasteiger partial charge < -0.3 is 5.73 Å². The number of hydrogen-bond donors (Lipinski definition) is 1. The van der Waals surface area contributed by atoms with Gasteiger partial charge in [-0.25, -0.2) is 0 Å². The van der Waals surface area contributed by atoms with Gasteiger partial charge in [0.15, 0.2) is 0 Å². The van der Waals surface area contributed by atoms with Gasteiger partial charge in [-0.2, -0.15) is 0 Å². The smallest absolute Gasteiger partial charge is 0.0319 e. The maximum absolute atomic E-state index is 5.45. The summed E-state index contributed by atoms with van der Waals surface area (Å²) in [5.41, 5.74) is 7.98. The molecule has 0 unspecified atom stereocenters. The SMILES string of the molecule is CC(C)(C)C1=CC(N)=C1. The molecule has 1 aliphatic rings. The first-order valence-electron chi connectivity index (χ1n) is 3.19. The predicted molar refractivity (Wildman–Crippen MR) is 39.8 cm³/mol. The zero-order valence-electron chi connectivity index (χ0n) is 6.23. The van der Waals surface area contributed by atoms with Crippen molar-refractivity contribution in [1.82, 2.24) is 0 Å². The minimum Gasteiger partial charge on any atom is -0.399 e. The van der Waals surface area contributed by atoms with E-state index in [9.17, 15) is 0 Å². The number of hydrogen-bond acceptors (Lipinski definition) is 1. The summed E-state index contributed by atoms with van der Waals surface area (Å²) in [6.45, 7) is 6.55. The molecule has 0 bridgehead atoms. The van der Waals surface area contributed by atoms with Gasteiger partial charge in [0.25, 0.3) is 0 Å². The normalized spacial score (nSPS) is 18.1. The quantitative estimate of drug-likeness (QED) is 0.522. The van der Waals surface area contributed by atoms with Crippen molar-refractivity contribution in [3.8, 4) is 0 Å². The van der Waals surface area contributed by atoms with Gasteiger partial charge in [-0.05, 0) is 23.1 Å². The fraction of sp³-hybridized carbons (Fsp3) is 0.500. The van der Waals surface area contributed by atoms with E-state index in [-0.39, 0.29) is 5.41 Å². The van der Waals surface area contributed by atoms with Gasteiger partial charge >= 0.3 is 0 Å². The van der Waals surface area contributed by atoms with Crippen molar-refractivity contribution in [3.05, 3.63) is 23.4 Å². The van der Waals surface area contributed by atoms with Crippen LogP contribution in [0.4, 0.5) is 0 Å². The number of allylic oxidation sites excluding steroid dienone is 3. The molecule has 0 aromatic heterocycles. The molecule has 9 heavy (non-hydrogen) atoms. The van der Waals surface area contributed by atoms with E-state index in [4.69, 9.17) is 5.73 Å². The molecular weight excluding hydrogens is 110 g/mol. The largest absolute Gasteiger partial charge is 0.399 e. The minimum absolute atomic E-state index is 0.281. The molecule has 1 heteroatoms. The number of nitrogens with two attached hydrogens (primary N) is 1. The van der Waals surface area contributed by atoms with Crippen LogP contribution in [0.25, 0.3) is 0 Å². The first-order valence-corrected chi connectivity index (χ1v) is 3.19. The third-order valence-corrected chi connectivity index (χ3v) is 1.51. The number of rotatable bonds is 0. The van der Waals surface area contributed by atoms with Crippen LogP contribution in [0.15, 0.2) is 23.4 Å². The Morgan fingerprint density at radius 2 is 1.67 bits per heavy atom. The summed E-state index contributed by atoms with van der Waals surface area (Å²) in [4.78, 5) is 0. The topological polar surface area (TPSA) is 26.0 Å². The second-order valence-electron chi connectivity index (χ2n) is 3.49. The van der Waals surface area contributed by atoms with Crippen LogP contribution >= 0.6 is 0 Å². The molecule has 0 aromatic carbocycles. The van der Waals surface area contributed by atoms with Gasteiger partial charge in [-0.1, -0.05) is 20.8 Å². The summed E-state index contributed by atoms with van der Waals surface area (Å²) in [7, 11) is 0. The lowest BCUT2D eigenvalue weighted by Gasteiger charge is -2.25. The third kappa shape index (κ3) is 1.15. The third-order valence-electron chi connectivity index (χ3n) is 1.51. The van der Waals surface area contributed by atoms with Crippen molar-refractivity contribution < 1.29 is 0 Å². The van der Waals surface area contributed by atoms with Crippen molar-refractivity contribution in [2.24, 2.45) is 11.1 Å². The Bertz CT molecular complexity index is 179. The van der Waals surface area contributed by atoms with Gasteiger partial charge in [-0.15, -0.1) is 0 Å². The molecule has 0 radical (unpaired) electrons. The van der Waals surface area contributed by atoms with Gasteiger partial charge in [0.05, 0.1) is 0 Å². The van der Waals surface area contributed by atoms with E-state index in [1.165, 1.54) is 5.57 Å². The van der Waals surface area contributed by atoms with Crippen molar-refractivity contribution in [1.29, 1.82) is 0 Å². The van der Waals surface area contributed by atoms with E-state index < -0.39 is 0 Å². The van der Waals surface area contributed by atoms with Crippen molar-refractivity contribution in [2.75, 3.05) is 0 Å². The molecular formula is C8H13N. The van der Waals surface area contributed by atoms with Crippen molar-refractivity contribution >= 4 is 0 Å². The Morgan fingerprint density at radius 1 is 1.22 bits per heavy atom. The van der Waals surface area contributed by atoms with E-state index in [0.717, 1.165) is 5.70 Å². The second kappa shape index (κ2) is 1.63. The van der Waals surface area contributed by atoms with Crippen LogP contribution in [-0.4, -0.2) is 0 Å². The molecule has 0 atom stereocenters. The standard InChI is InChI=1S/C8H13N/c1-8(2,3)6-4-7(9)5-6/h4-5H,9H2,1-3H3. The van der Waals surface area contributed by atoms with Crippen LogP contribution in [-0.2, 0) is 0 Å². The molecule has 0 fully saturated rings. The lowest BCUT2D eigenvalue weighted by atomic mass is 9.81. The zero-order valence-corrected chi connectivity index (χ0v) is 6.23. The van der Waals surface area contributed by atoms with Crippen LogP contribution in [0, 0.1) is 5.41 Å². The molecule has 0 saturated heterocycles. The van der Waals surface area contributed by atoms with Gasteiger partial charge in [0.1, 0.15) is 0 Å². The highest BCUT2D eigenvalue weighted by atomic mass is 14.6. The van der Waals surface area contributed by atoms with Gasteiger partial charge in [-0.3, -0.25) is 0 Å². The Balaban J connectivity index is 2.61. The summed E-state index contributed by atoms with van der Waals surface area (Å²) in [6.07, 6.45) is 4.06. The highest BCUT2D eigenvalue weighted by Gasteiger charge is 2.19. The molecule has 0 saturated carbocycles. The highest BCUT2D eigenvalue weighted by Crippen LogP contribution is 2.31. The van der Waals surface area contributed by atoms with E-state index >= 15 is 0 Å². The first kappa shape index (κ1) is 6.40. The van der Waals surface area contributed by atoms with E-state index in [1.54, 1.807) is 0 Å². The highest BCUT2D eigenvalue weighted by molar-refractivity contribution is 5.44. The molecule has 0 amide bonds. The molecule has 50 valence electrons. The lowest BCUT2D eigenvalue weighted by molar-refractivity contribution is 0.511. The summed E-state index contributed by atoms with van der Waals surface area (Å²) >= 11 is 0. The average Bonchev–Trinajstić information content (AvgIpc) is 1.55. The molecule has 0 aromatic rings. The monoisotopic (exact) mass is 123 g/mol. The Labute approximate surface area is 56.2 Å². The Hall–Kier alpha value is -0.720. The molecule has 1 nitrogen and oxygen atoms in total. The maximum Gasteiger partial charge on any atom is 0.0319 e. The summed E-state index contributed by atoms with van der Waals surface area (Å²) in [6, 6.07) is 0. The Kier molecular flexibility index (Phi) is 1.16. The maximum atomic E-state index is 5.45. The van der Waals surface area contributed by atoms with Gasteiger partial charge in [0.2, 0.25) is 0 Å². The summed E-state index contributed by atoms with van der Waals surface area (Å²) in [5.74, 6) is 0. The van der Waals surface area contributed by atoms with Crippen LogP contribution < -0.4 is 5.73 Å². The molecule has 0 heterocycles. The molecule has 0 aliphatic heterocycles. The van der Waals surface area contributed by atoms with E-state index in [2.05, 4.69) is 20.8 Å². The molecule has 1 aliphatic carbocycles. The predicted octanol–water partition coefficient (Wildman–Crippen LogP) is 1.82. The molecule has 2 N–H and O–H groups in total. The first-order chi connectivity index (χ1) is 4.00. The van der Waals surface area contributed by atoms with Crippen LogP contribution in [0.3, 0.4) is 0 Å². The van der Waals surface area contributed by atoms with Crippen LogP contribution in [0.1, 0.15) is 20.8 Å². The summed E-state index contributed by atoms with van der Waals surface area (Å²) in [5, 5.41) is 0. The van der Waals surface area contributed by atoms with E-state index in [1.807, 2.05) is 12.2 Å². The lowest BCUT2D eigenvalue weighted by Crippen LogP contribution is -2.15. The van der Waals surface area contributed by atoms with Crippen molar-refractivity contribution in [2.45, 2.75) is 20.8 Å². The minimum atomic E-state index is 0.281. The fourth-order valence-electron chi connectivity index (χ4n) is 0.779. The average molecular weight is 123 g/mol. The van der Waals surface area contributed by atoms with Crippen LogP contribution in [0.2, 0.25) is 0 Å². The van der Waals surface area contributed by atoms with Crippen molar-refractivity contribution in [3.63, 3.8) is 0 Å². The summed E-state index contributed by atoms with van der Waals surface area (Å²) < 4.78 is 0. The van der Waals surface area contributed by atoms with Gasteiger partial charge in [0, 0.05) is 5.70 Å². The fourth-order valence-corrected chi connectivity index (χ4v) is 0.779. The molecule has 1 rings (SSSR count). The zero-order chi connectivity index (χ0) is 7.07. The van der Waals surface area contributed by atoms with E-state index in [0.29, 0.717) is 0 Å². The van der Waals surface area contributed by atoms with Crippen LogP contribution in [0.5, 0.6) is 0 Å².